The molecule has 1 fully saturated rings. The van der Waals surface area contributed by atoms with Crippen molar-refractivity contribution in [2.24, 2.45) is 5.92 Å². The van der Waals surface area contributed by atoms with Gasteiger partial charge in [0.2, 0.25) is 25.6 Å². The number of nitrogens with zero attached hydrogens (tertiary/aromatic N) is 5. The van der Waals surface area contributed by atoms with Crippen molar-refractivity contribution in [2.45, 2.75) is 78.8 Å². The molecular weight excluding hydrogens is 1660 g/mol. The van der Waals surface area contributed by atoms with Crippen LogP contribution in [0.3, 0.4) is 0 Å². The molecule has 1 atom stereocenters. The molecule has 7 heterocycles. The number of piperidine rings is 1. The van der Waals surface area contributed by atoms with Gasteiger partial charge in [0.05, 0.1) is 74.6 Å². The molecule has 6 aromatic carbocycles. The summed E-state index contributed by atoms with van der Waals surface area (Å²) in [5, 5.41) is 14.1. The summed E-state index contributed by atoms with van der Waals surface area (Å²) in [7, 11) is -9.69. The Labute approximate surface area is 680 Å². The average molecular weight is 1730 g/mol. The number of ketones is 1. The van der Waals surface area contributed by atoms with Crippen molar-refractivity contribution in [3.63, 3.8) is 0 Å². The summed E-state index contributed by atoms with van der Waals surface area (Å²) in [6.45, 7) is 3.39. The van der Waals surface area contributed by atoms with E-state index in [0.717, 1.165) is 90.6 Å². The number of hydrogen-bond acceptors (Lipinski definition) is 22. The molecule has 0 saturated carbocycles. The van der Waals surface area contributed by atoms with Crippen molar-refractivity contribution < 1.29 is 94.9 Å². The topological polar surface area (TPSA) is 339 Å². The lowest BCUT2D eigenvalue weighted by atomic mass is 9.97. The van der Waals surface area contributed by atoms with E-state index < -0.39 is 81.7 Å². The summed E-state index contributed by atoms with van der Waals surface area (Å²) >= 11 is 9.97. The fourth-order valence-electron chi connectivity index (χ4n) is 12.2. The van der Waals surface area contributed by atoms with E-state index in [2.05, 4.69) is 40.9 Å². The minimum Gasteiger partial charge on any atom is -0.486 e. The lowest BCUT2D eigenvalue weighted by molar-refractivity contribution is -0.138. The van der Waals surface area contributed by atoms with E-state index in [1.165, 1.54) is 72.2 Å². The van der Waals surface area contributed by atoms with Gasteiger partial charge >= 0.3 is 29.7 Å². The summed E-state index contributed by atoms with van der Waals surface area (Å²) in [5.41, 5.74) is 2.45. The predicted octanol–water partition coefficient (Wildman–Crippen LogP) is 13.6. The molecule has 38 heteroatoms. The number of sulfonamides is 2. The third-order valence-electron chi connectivity index (χ3n) is 17.9. The number of Topliss-reactive ketones (excluding diaryl/α,β-unsaturated/α-hetero) is 1. The number of carbonyl (C=O) groups is 6. The number of sulfone groups is 1. The van der Waals surface area contributed by atoms with E-state index in [9.17, 15) is 76.0 Å². The van der Waals surface area contributed by atoms with Gasteiger partial charge in [-0.1, -0.05) is 114 Å². The number of fused-ring (bicyclic) bond motifs is 3. The Hall–Kier alpha value is -10.8. The number of methoxy groups -OCH3 is 2. The predicted molar refractivity (Wildman–Crippen MR) is 431 cm³/mol. The first-order valence-electron chi connectivity index (χ1n) is 35.5. The molecule has 1 unspecified atom stereocenters. The molecule has 4 aromatic heterocycles. The molecule has 26 nitrogen and oxygen atoms in total. The largest absolute Gasteiger partial charge is 0.486 e. The van der Waals surface area contributed by atoms with Crippen LogP contribution in [0.4, 0.5) is 49.8 Å². The Morgan fingerprint density at radius 1 is 0.767 bits per heavy atom. The van der Waals surface area contributed by atoms with E-state index >= 15 is 0 Å². The fourth-order valence-corrected chi connectivity index (χ4v) is 19.0. The number of aryl methyl sites for hydroxylation is 1. The number of amides is 4. The highest BCUT2D eigenvalue weighted by atomic mass is 35.5. The number of hydrogen-bond donors (Lipinski definition) is 5. The third kappa shape index (κ3) is 22.4. The monoisotopic (exact) mass is 1730 g/mol. The van der Waals surface area contributed by atoms with Crippen LogP contribution in [0, 0.1) is 5.92 Å². The van der Waals surface area contributed by atoms with Gasteiger partial charge in [-0.15, -0.1) is 22.7 Å². The lowest BCUT2D eigenvalue weighted by Gasteiger charge is -2.31. The molecule has 10 aromatic rings. The van der Waals surface area contributed by atoms with E-state index in [-0.39, 0.29) is 57.7 Å². The van der Waals surface area contributed by atoms with E-state index in [0.29, 0.717) is 87.4 Å². The highest BCUT2D eigenvalue weighted by molar-refractivity contribution is 7.93. The number of benzene rings is 6. The number of thiophene rings is 2. The zero-order valence-corrected chi connectivity index (χ0v) is 67.2. The van der Waals surface area contributed by atoms with Crippen LogP contribution in [0.2, 0.25) is 5.02 Å². The van der Waals surface area contributed by atoms with Crippen LogP contribution in [0.5, 0.6) is 11.5 Å². The van der Waals surface area contributed by atoms with Gasteiger partial charge in [0, 0.05) is 66.3 Å². The smallest absolute Gasteiger partial charge is 0.418 e. The number of thiazole rings is 1. The van der Waals surface area contributed by atoms with Crippen molar-refractivity contribution in [1.29, 1.82) is 0 Å². The second-order valence-electron chi connectivity index (χ2n) is 26.0. The molecule has 14 rings (SSSR count). The molecule has 116 heavy (non-hydrogen) atoms. The molecule has 4 amide bonds. The van der Waals surface area contributed by atoms with Gasteiger partial charge < -0.3 is 44.7 Å². The van der Waals surface area contributed by atoms with Crippen LogP contribution in [-0.4, -0.2) is 141 Å². The number of ether oxygens (including phenoxy) is 4. The normalized spacial score (nSPS) is 14.6. The Morgan fingerprint density at radius 2 is 1.49 bits per heavy atom. The molecule has 1 aliphatic carbocycles. The Kier molecular flexibility index (Phi) is 28.8. The molecule has 1 saturated heterocycles. The maximum atomic E-state index is 13.0. The van der Waals surface area contributed by atoms with Gasteiger partial charge in [-0.05, 0) is 139 Å². The number of esters is 1. The molecule has 3 aliphatic heterocycles. The summed E-state index contributed by atoms with van der Waals surface area (Å²) in [5.74, 6) is -6.23. The molecule has 0 bridgehead atoms. The summed E-state index contributed by atoms with van der Waals surface area (Å²) in [6, 6.07) is 41.4. The van der Waals surface area contributed by atoms with Crippen molar-refractivity contribution >= 4 is 149 Å². The maximum Gasteiger partial charge on any atom is 0.418 e. The highest BCUT2D eigenvalue weighted by Crippen LogP contribution is 2.38. The number of aromatic nitrogens is 3. The van der Waals surface area contributed by atoms with Gasteiger partial charge in [-0.25, -0.2) is 39.8 Å². The fraction of sp³-hybridized carbons (Fsp3) is 0.256. The lowest BCUT2D eigenvalue weighted by Crippen LogP contribution is -2.38. The van der Waals surface area contributed by atoms with Crippen molar-refractivity contribution in [3.8, 4) is 11.5 Å². The zero-order valence-electron chi connectivity index (χ0n) is 61.6. The minimum atomic E-state index is -4.95. The van der Waals surface area contributed by atoms with E-state index in [1.807, 2.05) is 59.9 Å². The van der Waals surface area contributed by atoms with Gasteiger partial charge in [0.1, 0.15) is 23.0 Å². The van der Waals surface area contributed by atoms with Gasteiger partial charge in [0.15, 0.2) is 22.7 Å². The quantitative estimate of drug-likeness (QED) is 0.0172. The van der Waals surface area contributed by atoms with Crippen molar-refractivity contribution in [1.82, 2.24) is 24.8 Å². The van der Waals surface area contributed by atoms with Crippen LogP contribution >= 0.6 is 45.6 Å². The number of rotatable bonds is 23. The van der Waals surface area contributed by atoms with Crippen LogP contribution in [0.15, 0.2) is 209 Å². The van der Waals surface area contributed by atoms with Crippen molar-refractivity contribution in [3.05, 3.63) is 241 Å². The first-order valence-corrected chi connectivity index (χ1v) is 43.1. The van der Waals surface area contributed by atoms with Crippen LogP contribution < -0.4 is 44.7 Å². The van der Waals surface area contributed by atoms with Gasteiger partial charge in [-0.2, -0.15) is 27.1 Å². The van der Waals surface area contributed by atoms with E-state index in [4.69, 9.17) is 30.8 Å². The SMILES string of the molecule is COC(=O)c1sccc1S(=O)(=O)Nc1cnn(CC2COc3ccccc3O2)c1.COCC(=O)N1CCCc2ccc(NC(=O)c3ccccc3S(=O)(=O)C(F)F)cc21.O=C(NCc1ccc(C(=O)C2=CCC=C2)s1)C(=O)Nc1ccccc1C(F)(F)F.O=S(=O)(Cc1ccccc1Cl)NCC1CCN(c2nc3ccccc3s2)CC1. The Morgan fingerprint density at radius 3 is 2.22 bits per heavy atom. The van der Waals surface area contributed by atoms with Crippen LogP contribution in [0.25, 0.3) is 10.2 Å². The highest BCUT2D eigenvalue weighted by Gasteiger charge is 2.36. The van der Waals surface area contributed by atoms with Crippen molar-refractivity contribution in [2.75, 3.05) is 78.8 Å². The Balaban J connectivity index is 0.000000152. The number of para-hydroxylation sites is 4. The minimum absolute atomic E-state index is 0.0128. The first kappa shape index (κ1) is 86.1. The second-order valence-corrected chi connectivity index (χ2v) is 34.9. The average Bonchev–Trinajstić information content (AvgIpc) is 0.989. The van der Waals surface area contributed by atoms with Gasteiger partial charge in [0.25, 0.3) is 21.8 Å². The molecule has 0 radical (unpaired) electrons. The second kappa shape index (κ2) is 38.8. The molecule has 610 valence electrons. The molecule has 5 N–H and O–H groups in total. The summed E-state index contributed by atoms with van der Waals surface area (Å²) < 4.78 is 168. The molecule has 4 aliphatic rings. The molecular formula is C78H74ClF5N10O16S6. The first-order chi connectivity index (χ1) is 55.5. The van der Waals surface area contributed by atoms with Crippen LogP contribution in [-0.2, 0) is 85.2 Å². The number of carbonyl (C=O) groups excluding carboxylic acids is 6. The van der Waals surface area contributed by atoms with E-state index in [1.54, 1.807) is 87.8 Å². The number of allylic oxidation sites excluding steroid dienone is 4. The molecule has 0 spiro atoms. The summed E-state index contributed by atoms with van der Waals surface area (Å²) in [4.78, 5) is 81.8. The van der Waals surface area contributed by atoms with Gasteiger partial charge in [-0.3, -0.25) is 33.4 Å². The maximum absolute atomic E-state index is 13.0. The number of nitrogens with one attached hydrogen (secondary N) is 5. The third-order valence-corrected chi connectivity index (χ3v) is 25.7. The number of anilines is 5. The summed E-state index contributed by atoms with van der Waals surface area (Å²) in [6.07, 6.45) is 7.59. The standard InChI is InChI=1S/C20H22ClN3O2S2.C20H15F3N2O3S.C20H20F2N2O5S.C18H17N3O6S2/c21-17-6-2-1-5-16(17)14-28(25,26)22-13-15-9-11-24(12-10-15)20-23-18-7-3-4-8-19(18)27-20;21-20(22,23)14-7-3-4-8-15(14)25-19(28)18(27)24-11-13-9-10-16(29-13)17(26)12-5-1-2-6-12;1-29-12-18(25)24-10-4-5-13-8-9-14(11-16(13)24)23-19(26)15-6-2-3-7-17(15)30(27,28)20(21)22;1-25-18(22)17-16(6-7-28-17)29(23,24)20-12-8-19-21(9-12)10-13-11-26-14-4-2-3-5-15(14)27-13/h1-8,15,22H,9-14H2;1,3-10H,2,11H2,(H,24,27)(H,25,28);2-3,6-9,11,20H,4-5,10,12H2,1H3,(H,23,26);2-9,13,20H,10-11H2,1H3. The number of alkyl halides is 5. The Bertz CT molecular complexity index is 5640. The zero-order chi connectivity index (χ0) is 82.9. The number of halogens is 6. The van der Waals surface area contributed by atoms with Crippen LogP contribution in [0.1, 0.15) is 77.0 Å².